The minimum Gasteiger partial charge on any atom is -0.374 e. The molecule has 84 valence electrons. The number of carbonyl (C=O) groups excluding carboxylic acids is 1. The Morgan fingerprint density at radius 3 is 2.43 bits per heavy atom. The summed E-state index contributed by atoms with van der Waals surface area (Å²) in [6, 6.07) is -0.380. The number of amides is 1. The highest BCUT2D eigenvalue weighted by molar-refractivity contribution is 5.79. The third-order valence-electron chi connectivity index (χ3n) is 1.67. The lowest BCUT2D eigenvalue weighted by molar-refractivity contribution is -0.123. The second-order valence-corrected chi connectivity index (χ2v) is 4.33. The number of nitrogens with two attached hydrogens (primary N) is 1. The fourth-order valence-corrected chi connectivity index (χ4v) is 0.894. The molecule has 0 aromatic rings. The zero-order chi connectivity index (χ0) is 11.2. The second-order valence-electron chi connectivity index (χ2n) is 4.33. The molecule has 1 unspecified atom stereocenters. The minimum atomic E-state index is -0.380. The van der Waals surface area contributed by atoms with Gasteiger partial charge in [0.2, 0.25) is 5.91 Å². The van der Waals surface area contributed by atoms with Gasteiger partial charge in [-0.15, -0.1) is 0 Å². The van der Waals surface area contributed by atoms with Crippen LogP contribution in [0.1, 0.15) is 34.1 Å². The van der Waals surface area contributed by atoms with Crippen LogP contribution in [0.5, 0.6) is 0 Å². The molecule has 0 aliphatic heterocycles. The van der Waals surface area contributed by atoms with Gasteiger partial charge in [0.1, 0.15) is 6.04 Å². The molecular formula is C10H22N2O2. The van der Waals surface area contributed by atoms with Crippen LogP contribution in [0.15, 0.2) is 0 Å². The molecule has 1 atom stereocenters. The SMILES string of the molecule is CCCNC(COC(C)(C)C)C(N)=O. The molecule has 0 spiro atoms. The van der Waals surface area contributed by atoms with Crippen molar-refractivity contribution < 1.29 is 9.53 Å². The van der Waals surface area contributed by atoms with Crippen molar-refractivity contribution in [1.82, 2.24) is 5.32 Å². The van der Waals surface area contributed by atoms with Gasteiger partial charge in [-0.3, -0.25) is 4.79 Å². The Balaban J connectivity index is 3.91. The maximum Gasteiger partial charge on any atom is 0.236 e. The van der Waals surface area contributed by atoms with Gasteiger partial charge in [0.25, 0.3) is 0 Å². The van der Waals surface area contributed by atoms with E-state index in [-0.39, 0.29) is 17.6 Å². The van der Waals surface area contributed by atoms with E-state index in [1.54, 1.807) is 0 Å². The van der Waals surface area contributed by atoms with Crippen LogP contribution in [0.25, 0.3) is 0 Å². The third kappa shape index (κ3) is 6.86. The van der Waals surface area contributed by atoms with Crippen molar-refractivity contribution in [3.63, 3.8) is 0 Å². The highest BCUT2D eigenvalue weighted by atomic mass is 16.5. The Bertz CT molecular complexity index is 175. The lowest BCUT2D eigenvalue weighted by Crippen LogP contribution is -2.46. The predicted molar refractivity (Wildman–Crippen MR) is 57.0 cm³/mol. The molecule has 4 nitrogen and oxygen atoms in total. The molecule has 0 heterocycles. The average molecular weight is 202 g/mol. The molecule has 0 radical (unpaired) electrons. The van der Waals surface area contributed by atoms with Crippen LogP contribution in [0.2, 0.25) is 0 Å². The highest BCUT2D eigenvalue weighted by Crippen LogP contribution is 2.06. The van der Waals surface area contributed by atoms with Crippen LogP contribution in [0, 0.1) is 0 Å². The van der Waals surface area contributed by atoms with Crippen LogP contribution >= 0.6 is 0 Å². The maximum absolute atomic E-state index is 11.0. The zero-order valence-electron chi connectivity index (χ0n) is 9.59. The molecule has 0 bridgehead atoms. The van der Waals surface area contributed by atoms with Crippen LogP contribution in [0.3, 0.4) is 0 Å². The lowest BCUT2D eigenvalue weighted by atomic mass is 10.2. The van der Waals surface area contributed by atoms with E-state index in [9.17, 15) is 4.79 Å². The fourth-order valence-electron chi connectivity index (χ4n) is 0.894. The Hall–Kier alpha value is -0.610. The smallest absolute Gasteiger partial charge is 0.236 e. The van der Waals surface area contributed by atoms with Gasteiger partial charge in [0.05, 0.1) is 12.2 Å². The van der Waals surface area contributed by atoms with E-state index in [0.717, 1.165) is 13.0 Å². The Labute approximate surface area is 86.2 Å². The monoisotopic (exact) mass is 202 g/mol. The van der Waals surface area contributed by atoms with Crippen molar-refractivity contribution >= 4 is 5.91 Å². The Morgan fingerprint density at radius 1 is 1.50 bits per heavy atom. The molecule has 0 aliphatic rings. The number of hydrogen-bond acceptors (Lipinski definition) is 3. The molecule has 0 aliphatic carbocycles. The normalized spacial score (nSPS) is 14.0. The van der Waals surface area contributed by atoms with E-state index in [4.69, 9.17) is 10.5 Å². The molecule has 14 heavy (non-hydrogen) atoms. The van der Waals surface area contributed by atoms with Gasteiger partial charge in [-0.25, -0.2) is 0 Å². The summed E-state index contributed by atoms with van der Waals surface area (Å²) >= 11 is 0. The molecule has 0 rings (SSSR count). The summed E-state index contributed by atoms with van der Waals surface area (Å²) in [6.07, 6.45) is 0.972. The molecule has 1 amide bonds. The molecular weight excluding hydrogens is 180 g/mol. The molecule has 0 aromatic carbocycles. The van der Waals surface area contributed by atoms with Crippen LogP contribution in [-0.2, 0) is 9.53 Å². The van der Waals surface area contributed by atoms with Crippen LogP contribution in [0.4, 0.5) is 0 Å². The van der Waals surface area contributed by atoms with Crippen molar-refractivity contribution in [2.24, 2.45) is 5.73 Å². The van der Waals surface area contributed by atoms with E-state index in [2.05, 4.69) is 5.32 Å². The molecule has 0 aromatic heterocycles. The second kappa shape index (κ2) is 5.98. The number of carbonyl (C=O) groups is 1. The lowest BCUT2D eigenvalue weighted by Gasteiger charge is -2.23. The van der Waals surface area contributed by atoms with E-state index in [0.29, 0.717) is 6.61 Å². The molecule has 3 N–H and O–H groups in total. The van der Waals surface area contributed by atoms with Crippen molar-refractivity contribution in [1.29, 1.82) is 0 Å². The topological polar surface area (TPSA) is 64.3 Å². The summed E-state index contributed by atoms with van der Waals surface area (Å²) in [5.74, 6) is -0.359. The largest absolute Gasteiger partial charge is 0.374 e. The van der Waals surface area contributed by atoms with Crippen molar-refractivity contribution in [3.05, 3.63) is 0 Å². The van der Waals surface area contributed by atoms with Crippen LogP contribution in [-0.4, -0.2) is 30.7 Å². The first-order valence-corrected chi connectivity index (χ1v) is 5.03. The number of primary amides is 1. The van der Waals surface area contributed by atoms with Gasteiger partial charge in [-0.2, -0.15) is 0 Å². The zero-order valence-corrected chi connectivity index (χ0v) is 9.59. The van der Waals surface area contributed by atoms with Crippen molar-refractivity contribution in [3.8, 4) is 0 Å². The van der Waals surface area contributed by atoms with Crippen molar-refractivity contribution in [2.75, 3.05) is 13.2 Å². The molecule has 0 saturated heterocycles. The van der Waals surface area contributed by atoms with Gasteiger partial charge in [-0.1, -0.05) is 6.92 Å². The summed E-state index contributed by atoms with van der Waals surface area (Å²) in [6.45, 7) is 9.00. The highest BCUT2D eigenvalue weighted by Gasteiger charge is 2.18. The quantitative estimate of drug-likeness (QED) is 0.665. The van der Waals surface area contributed by atoms with E-state index >= 15 is 0 Å². The van der Waals surface area contributed by atoms with Gasteiger partial charge < -0.3 is 15.8 Å². The molecule has 0 saturated carbocycles. The Morgan fingerprint density at radius 2 is 2.07 bits per heavy atom. The fraction of sp³-hybridized carbons (Fsp3) is 0.900. The van der Waals surface area contributed by atoms with Crippen molar-refractivity contribution in [2.45, 2.75) is 45.8 Å². The Kier molecular flexibility index (Phi) is 5.72. The van der Waals surface area contributed by atoms with Gasteiger partial charge in [-0.05, 0) is 33.7 Å². The average Bonchev–Trinajstić information content (AvgIpc) is 2.01. The minimum absolute atomic E-state index is 0.235. The summed E-state index contributed by atoms with van der Waals surface area (Å²) in [5.41, 5.74) is 4.99. The summed E-state index contributed by atoms with van der Waals surface area (Å²) in [7, 11) is 0. The number of ether oxygens (including phenoxy) is 1. The third-order valence-corrected chi connectivity index (χ3v) is 1.67. The maximum atomic E-state index is 11.0. The standard InChI is InChI=1S/C10H22N2O2/c1-5-6-12-8(9(11)13)7-14-10(2,3)4/h8,12H,5-7H2,1-4H3,(H2,11,13). The van der Waals surface area contributed by atoms with Crippen LogP contribution < -0.4 is 11.1 Å². The number of hydrogen-bond donors (Lipinski definition) is 2. The first-order chi connectivity index (χ1) is 6.37. The molecule has 0 fully saturated rings. The number of nitrogens with one attached hydrogen (secondary N) is 1. The van der Waals surface area contributed by atoms with E-state index in [1.807, 2.05) is 27.7 Å². The first-order valence-electron chi connectivity index (χ1n) is 5.03. The number of rotatable bonds is 6. The summed E-state index contributed by atoms with van der Waals surface area (Å²) in [4.78, 5) is 11.0. The van der Waals surface area contributed by atoms with Gasteiger partial charge >= 0.3 is 0 Å². The first kappa shape index (κ1) is 13.4. The van der Waals surface area contributed by atoms with Gasteiger partial charge in [0, 0.05) is 0 Å². The summed E-state index contributed by atoms with van der Waals surface area (Å²) in [5, 5.41) is 3.04. The van der Waals surface area contributed by atoms with Gasteiger partial charge in [0.15, 0.2) is 0 Å². The van der Waals surface area contributed by atoms with E-state index < -0.39 is 0 Å². The van der Waals surface area contributed by atoms with E-state index in [1.165, 1.54) is 0 Å². The molecule has 4 heteroatoms. The predicted octanol–water partition coefficient (Wildman–Crippen LogP) is 0.655. The summed E-state index contributed by atoms with van der Waals surface area (Å²) < 4.78 is 5.49.